The van der Waals surface area contributed by atoms with Crippen LogP contribution in [0, 0.1) is 0 Å². The zero-order valence-electron chi connectivity index (χ0n) is 10.6. The van der Waals surface area contributed by atoms with Gasteiger partial charge in [-0.15, -0.1) is 0 Å². The molecule has 4 aromatic rings. The van der Waals surface area contributed by atoms with Crippen molar-refractivity contribution in [3.05, 3.63) is 60.9 Å². The summed E-state index contributed by atoms with van der Waals surface area (Å²) < 4.78 is 0. The van der Waals surface area contributed by atoms with Gasteiger partial charge in [0.15, 0.2) is 5.65 Å². The van der Waals surface area contributed by atoms with Crippen LogP contribution in [0.3, 0.4) is 0 Å². The van der Waals surface area contributed by atoms with E-state index >= 15 is 0 Å². The van der Waals surface area contributed by atoms with Crippen LogP contribution in [0.5, 0.6) is 0 Å². The minimum Gasteiger partial charge on any atom is -0.252 e. The summed E-state index contributed by atoms with van der Waals surface area (Å²) in [4.78, 5) is 17.8. The first kappa shape index (κ1) is 11.0. The van der Waals surface area contributed by atoms with E-state index in [1.165, 1.54) is 0 Å². The highest BCUT2D eigenvalue weighted by Crippen LogP contribution is 2.19. The number of benzene rings is 1. The van der Waals surface area contributed by atoms with Gasteiger partial charge in [-0.1, -0.05) is 12.1 Å². The molecule has 4 rings (SSSR count). The van der Waals surface area contributed by atoms with Crippen molar-refractivity contribution < 1.29 is 0 Å². The molecule has 94 valence electrons. The fraction of sp³-hybridized carbons (Fsp3) is 0. The molecule has 0 aliphatic carbocycles. The van der Waals surface area contributed by atoms with Gasteiger partial charge in [0, 0.05) is 11.6 Å². The summed E-state index contributed by atoms with van der Waals surface area (Å²) in [5.74, 6) is 0. The molecule has 4 heteroatoms. The Labute approximate surface area is 115 Å². The summed E-state index contributed by atoms with van der Waals surface area (Å²) in [5.41, 5.74) is 4.02. The van der Waals surface area contributed by atoms with Gasteiger partial charge in [-0.05, 0) is 36.4 Å². The molecule has 0 bridgehead atoms. The van der Waals surface area contributed by atoms with E-state index in [1.54, 1.807) is 12.4 Å². The van der Waals surface area contributed by atoms with Crippen LogP contribution < -0.4 is 0 Å². The van der Waals surface area contributed by atoms with E-state index in [2.05, 4.69) is 19.9 Å². The Kier molecular flexibility index (Phi) is 2.39. The van der Waals surface area contributed by atoms with Crippen molar-refractivity contribution in [2.75, 3.05) is 0 Å². The molecule has 4 nitrogen and oxygen atoms in total. The van der Waals surface area contributed by atoms with E-state index in [-0.39, 0.29) is 0 Å². The molecule has 0 aliphatic rings. The van der Waals surface area contributed by atoms with Gasteiger partial charge < -0.3 is 0 Å². The van der Waals surface area contributed by atoms with Gasteiger partial charge >= 0.3 is 0 Å². The zero-order valence-corrected chi connectivity index (χ0v) is 10.6. The topological polar surface area (TPSA) is 51.6 Å². The third-order valence-corrected chi connectivity index (χ3v) is 3.17. The quantitative estimate of drug-likeness (QED) is 0.526. The number of fused-ring (bicyclic) bond motifs is 2. The molecule has 0 fully saturated rings. The van der Waals surface area contributed by atoms with Crippen LogP contribution in [-0.4, -0.2) is 19.9 Å². The van der Waals surface area contributed by atoms with Gasteiger partial charge in [0.25, 0.3) is 0 Å². The summed E-state index contributed by atoms with van der Waals surface area (Å²) in [7, 11) is 0. The predicted octanol–water partition coefficient (Wildman–Crippen LogP) is 3.24. The SMILES string of the molecule is c1cnc2nc(-c3cnc4ccccc4n3)ccc2c1. The minimum atomic E-state index is 0.722. The number of hydrogen-bond donors (Lipinski definition) is 0. The second-order valence-electron chi connectivity index (χ2n) is 4.49. The van der Waals surface area contributed by atoms with E-state index in [1.807, 2.05) is 48.5 Å². The lowest BCUT2D eigenvalue weighted by Crippen LogP contribution is -1.92. The van der Waals surface area contributed by atoms with Crippen LogP contribution in [0.15, 0.2) is 60.9 Å². The summed E-state index contributed by atoms with van der Waals surface area (Å²) in [6.45, 7) is 0. The lowest BCUT2D eigenvalue weighted by Gasteiger charge is -2.03. The third-order valence-electron chi connectivity index (χ3n) is 3.17. The Morgan fingerprint density at radius 1 is 0.650 bits per heavy atom. The van der Waals surface area contributed by atoms with Crippen LogP contribution in [0.4, 0.5) is 0 Å². The Bertz CT molecular complexity index is 841. The Hall–Kier alpha value is -2.88. The van der Waals surface area contributed by atoms with E-state index in [9.17, 15) is 0 Å². The number of rotatable bonds is 1. The Balaban J connectivity index is 1.91. The molecule has 0 radical (unpaired) electrons. The molecule has 0 aliphatic heterocycles. The number of hydrogen-bond acceptors (Lipinski definition) is 4. The molecule has 0 saturated carbocycles. The smallest absolute Gasteiger partial charge is 0.159 e. The van der Waals surface area contributed by atoms with Gasteiger partial charge in [0.2, 0.25) is 0 Å². The van der Waals surface area contributed by atoms with Crippen molar-refractivity contribution in [3.8, 4) is 11.4 Å². The van der Waals surface area contributed by atoms with Crippen molar-refractivity contribution in [1.29, 1.82) is 0 Å². The fourth-order valence-electron chi connectivity index (χ4n) is 2.18. The van der Waals surface area contributed by atoms with Crippen LogP contribution in [0.1, 0.15) is 0 Å². The highest BCUT2D eigenvalue weighted by molar-refractivity contribution is 5.79. The molecule has 0 spiro atoms. The third kappa shape index (κ3) is 1.78. The molecule has 0 saturated heterocycles. The first-order valence-corrected chi connectivity index (χ1v) is 6.34. The molecule has 3 heterocycles. The molecule has 0 N–H and O–H groups in total. The standard InChI is InChI=1S/C16H10N4/c1-2-6-13-12(5-1)18-10-15(19-13)14-8-7-11-4-3-9-17-16(11)20-14/h1-10H. The summed E-state index contributed by atoms with van der Waals surface area (Å²) >= 11 is 0. The first-order valence-electron chi connectivity index (χ1n) is 6.34. The molecule has 1 aromatic carbocycles. The Morgan fingerprint density at radius 2 is 1.55 bits per heavy atom. The Morgan fingerprint density at radius 3 is 2.50 bits per heavy atom. The first-order chi connectivity index (χ1) is 9.90. The number of nitrogens with zero attached hydrogens (tertiary/aromatic N) is 4. The van der Waals surface area contributed by atoms with Gasteiger partial charge in [0.05, 0.1) is 22.9 Å². The van der Waals surface area contributed by atoms with Crippen molar-refractivity contribution >= 4 is 22.1 Å². The van der Waals surface area contributed by atoms with E-state index < -0.39 is 0 Å². The molecular weight excluding hydrogens is 248 g/mol. The van der Waals surface area contributed by atoms with E-state index in [0.29, 0.717) is 0 Å². The maximum absolute atomic E-state index is 4.60. The average Bonchev–Trinajstić information content (AvgIpc) is 2.54. The predicted molar refractivity (Wildman–Crippen MR) is 78.1 cm³/mol. The molecule has 0 atom stereocenters. The summed E-state index contributed by atoms with van der Waals surface area (Å²) in [5, 5.41) is 1.02. The van der Waals surface area contributed by atoms with Gasteiger partial charge in [-0.2, -0.15) is 0 Å². The van der Waals surface area contributed by atoms with Crippen molar-refractivity contribution in [1.82, 2.24) is 19.9 Å². The summed E-state index contributed by atoms with van der Waals surface area (Å²) in [6, 6.07) is 15.6. The number of pyridine rings is 2. The van der Waals surface area contributed by atoms with Gasteiger partial charge in [-0.25, -0.2) is 15.0 Å². The normalized spacial score (nSPS) is 11.0. The average molecular weight is 258 g/mol. The molecule has 3 aromatic heterocycles. The summed E-state index contributed by atoms with van der Waals surface area (Å²) in [6.07, 6.45) is 3.49. The van der Waals surface area contributed by atoms with Gasteiger partial charge in [-0.3, -0.25) is 4.98 Å². The van der Waals surface area contributed by atoms with Crippen LogP contribution in [0.2, 0.25) is 0 Å². The largest absolute Gasteiger partial charge is 0.252 e. The zero-order chi connectivity index (χ0) is 13.4. The van der Waals surface area contributed by atoms with E-state index in [4.69, 9.17) is 0 Å². The van der Waals surface area contributed by atoms with Crippen LogP contribution >= 0.6 is 0 Å². The highest BCUT2D eigenvalue weighted by atomic mass is 14.9. The highest BCUT2D eigenvalue weighted by Gasteiger charge is 2.05. The van der Waals surface area contributed by atoms with Crippen LogP contribution in [0.25, 0.3) is 33.5 Å². The van der Waals surface area contributed by atoms with Crippen molar-refractivity contribution in [2.45, 2.75) is 0 Å². The lowest BCUT2D eigenvalue weighted by atomic mass is 10.2. The van der Waals surface area contributed by atoms with Crippen molar-refractivity contribution in [3.63, 3.8) is 0 Å². The number of para-hydroxylation sites is 2. The molecule has 0 unspecified atom stereocenters. The van der Waals surface area contributed by atoms with Crippen molar-refractivity contribution in [2.24, 2.45) is 0 Å². The lowest BCUT2D eigenvalue weighted by molar-refractivity contribution is 1.23. The minimum absolute atomic E-state index is 0.722. The molecule has 20 heavy (non-hydrogen) atoms. The molecular formula is C16H10N4. The maximum atomic E-state index is 4.60. The van der Waals surface area contributed by atoms with Gasteiger partial charge in [0.1, 0.15) is 5.69 Å². The second-order valence-corrected chi connectivity index (χ2v) is 4.49. The van der Waals surface area contributed by atoms with E-state index in [0.717, 1.165) is 33.5 Å². The monoisotopic (exact) mass is 258 g/mol. The maximum Gasteiger partial charge on any atom is 0.159 e. The molecule has 0 amide bonds. The fourth-order valence-corrected chi connectivity index (χ4v) is 2.18. The number of aromatic nitrogens is 4. The second kappa shape index (κ2) is 4.35. The van der Waals surface area contributed by atoms with Crippen LogP contribution in [-0.2, 0) is 0 Å².